The number of hydrogen-bond donors (Lipinski definition) is 4. The van der Waals surface area contributed by atoms with E-state index in [-0.39, 0.29) is 12.5 Å². The zero-order valence-electron chi connectivity index (χ0n) is 6.22. The fourth-order valence-corrected chi connectivity index (χ4v) is 1.43. The molecule has 2 unspecified atom stereocenters. The van der Waals surface area contributed by atoms with Crippen molar-refractivity contribution in [3.63, 3.8) is 0 Å². The highest BCUT2D eigenvalue weighted by Gasteiger charge is 2.35. The van der Waals surface area contributed by atoms with Crippen LogP contribution >= 0.6 is 0 Å². The first-order chi connectivity index (χ1) is 5.16. The summed E-state index contributed by atoms with van der Waals surface area (Å²) in [6.45, 7) is -0.134. The summed E-state index contributed by atoms with van der Waals surface area (Å²) in [5.74, 6) is -0.284. The number of hydrogen-bond acceptors (Lipinski definition) is 4. The molecule has 1 aliphatic carbocycles. The molecule has 1 fully saturated rings. The van der Waals surface area contributed by atoms with Gasteiger partial charge in [-0.05, 0) is 12.8 Å². The Morgan fingerprint density at radius 1 is 1.00 bits per heavy atom. The predicted octanol–water partition coefficient (Wildman–Crippen LogP) is -1.53. The molecule has 0 aromatic rings. The van der Waals surface area contributed by atoms with Gasteiger partial charge in [0.15, 0.2) is 0 Å². The van der Waals surface area contributed by atoms with E-state index in [1.54, 1.807) is 0 Å². The van der Waals surface area contributed by atoms with E-state index in [4.69, 9.17) is 15.3 Å². The minimum Gasteiger partial charge on any atom is -0.396 e. The van der Waals surface area contributed by atoms with Gasteiger partial charge >= 0.3 is 0 Å². The molecule has 0 radical (unpaired) electrons. The van der Waals surface area contributed by atoms with Gasteiger partial charge in [-0.3, -0.25) is 0 Å². The van der Waals surface area contributed by atoms with Crippen molar-refractivity contribution in [2.45, 2.75) is 31.2 Å². The molecule has 4 atom stereocenters. The van der Waals surface area contributed by atoms with Gasteiger partial charge in [-0.15, -0.1) is 0 Å². The maximum atomic E-state index is 9.24. The molecule has 4 nitrogen and oxygen atoms in total. The molecule has 4 heteroatoms. The Hall–Kier alpha value is -0.160. The first-order valence-corrected chi connectivity index (χ1v) is 3.82. The van der Waals surface area contributed by atoms with E-state index in [2.05, 4.69) is 0 Å². The molecule has 66 valence electrons. The summed E-state index contributed by atoms with van der Waals surface area (Å²) in [6, 6.07) is 0. The van der Waals surface area contributed by atoms with E-state index in [0.29, 0.717) is 12.8 Å². The molecule has 0 amide bonds. The Morgan fingerprint density at radius 3 is 2.18 bits per heavy atom. The molecule has 4 N–H and O–H groups in total. The number of rotatable bonds is 1. The lowest BCUT2D eigenvalue weighted by Crippen LogP contribution is -2.47. The highest BCUT2D eigenvalue weighted by atomic mass is 16.4. The summed E-state index contributed by atoms with van der Waals surface area (Å²) in [5, 5.41) is 36.2. The van der Waals surface area contributed by atoms with E-state index in [0.717, 1.165) is 0 Å². The van der Waals surface area contributed by atoms with Gasteiger partial charge in [-0.2, -0.15) is 0 Å². The Bertz CT molecular complexity index is 126. The van der Waals surface area contributed by atoms with Gasteiger partial charge in [-0.1, -0.05) is 0 Å². The Kier molecular flexibility index (Phi) is 2.84. The van der Waals surface area contributed by atoms with Crippen molar-refractivity contribution < 1.29 is 20.4 Å². The molecule has 0 saturated heterocycles. The normalized spacial score (nSPS) is 45.8. The lowest BCUT2D eigenvalue weighted by atomic mass is 9.83. The first kappa shape index (κ1) is 8.93. The van der Waals surface area contributed by atoms with Gasteiger partial charge in [0.1, 0.15) is 6.10 Å². The van der Waals surface area contributed by atoms with Gasteiger partial charge in [0.2, 0.25) is 0 Å². The van der Waals surface area contributed by atoms with Crippen LogP contribution in [0.1, 0.15) is 12.8 Å². The van der Waals surface area contributed by atoms with E-state index >= 15 is 0 Å². The minimum atomic E-state index is -1.10. The summed E-state index contributed by atoms with van der Waals surface area (Å²) in [6.07, 6.45) is -1.91. The van der Waals surface area contributed by atoms with Gasteiger partial charge in [0.05, 0.1) is 12.2 Å². The molecule has 0 heterocycles. The SMILES string of the molecule is OCC1CCC(O)[C@@H](O)[C@H]1O. The van der Waals surface area contributed by atoms with Crippen LogP contribution in [-0.2, 0) is 0 Å². The van der Waals surface area contributed by atoms with Crippen LogP contribution in [0.5, 0.6) is 0 Å². The lowest BCUT2D eigenvalue weighted by molar-refractivity contribution is -0.118. The highest BCUT2D eigenvalue weighted by Crippen LogP contribution is 2.24. The molecule has 0 aromatic heterocycles. The van der Waals surface area contributed by atoms with Gasteiger partial charge in [0, 0.05) is 12.5 Å². The van der Waals surface area contributed by atoms with Gasteiger partial charge < -0.3 is 20.4 Å². The Labute approximate surface area is 65.1 Å². The second-order valence-corrected chi connectivity index (χ2v) is 3.07. The zero-order chi connectivity index (χ0) is 8.43. The predicted molar refractivity (Wildman–Crippen MR) is 37.8 cm³/mol. The van der Waals surface area contributed by atoms with Crippen LogP contribution in [-0.4, -0.2) is 45.3 Å². The average Bonchev–Trinajstić information content (AvgIpc) is 2.01. The van der Waals surface area contributed by atoms with Crippen LogP contribution in [0.4, 0.5) is 0 Å². The zero-order valence-corrected chi connectivity index (χ0v) is 6.22. The van der Waals surface area contributed by atoms with Gasteiger partial charge in [-0.25, -0.2) is 0 Å². The van der Waals surface area contributed by atoms with Crippen molar-refractivity contribution in [2.75, 3.05) is 6.61 Å². The molecule has 0 bridgehead atoms. The fourth-order valence-electron chi connectivity index (χ4n) is 1.43. The number of aliphatic hydroxyl groups is 4. The topological polar surface area (TPSA) is 80.9 Å². The van der Waals surface area contributed by atoms with Crippen molar-refractivity contribution >= 4 is 0 Å². The van der Waals surface area contributed by atoms with E-state index in [1.807, 2.05) is 0 Å². The van der Waals surface area contributed by atoms with E-state index in [1.165, 1.54) is 0 Å². The van der Waals surface area contributed by atoms with Crippen molar-refractivity contribution in [2.24, 2.45) is 5.92 Å². The van der Waals surface area contributed by atoms with Crippen molar-refractivity contribution in [3.8, 4) is 0 Å². The summed E-state index contributed by atoms with van der Waals surface area (Å²) < 4.78 is 0. The van der Waals surface area contributed by atoms with Crippen LogP contribution < -0.4 is 0 Å². The summed E-state index contributed by atoms with van der Waals surface area (Å²) in [5.41, 5.74) is 0. The molecular weight excluding hydrogens is 148 g/mol. The molecule has 1 rings (SSSR count). The maximum absolute atomic E-state index is 9.24. The maximum Gasteiger partial charge on any atom is 0.106 e. The van der Waals surface area contributed by atoms with Crippen molar-refractivity contribution in [3.05, 3.63) is 0 Å². The Morgan fingerprint density at radius 2 is 1.64 bits per heavy atom. The molecule has 0 aliphatic heterocycles. The van der Waals surface area contributed by atoms with E-state index in [9.17, 15) is 5.11 Å². The van der Waals surface area contributed by atoms with Crippen LogP contribution in [0.3, 0.4) is 0 Å². The fraction of sp³-hybridized carbons (Fsp3) is 1.00. The van der Waals surface area contributed by atoms with Crippen LogP contribution in [0.2, 0.25) is 0 Å². The standard InChI is InChI=1S/C7H14O4/c8-3-4-1-2-5(9)7(11)6(4)10/h4-11H,1-3H2/t4?,5?,6-,7+/m0/s1. The quantitative estimate of drug-likeness (QED) is 0.377. The van der Waals surface area contributed by atoms with Gasteiger partial charge in [0.25, 0.3) is 0 Å². The summed E-state index contributed by atoms with van der Waals surface area (Å²) >= 11 is 0. The molecule has 11 heavy (non-hydrogen) atoms. The average molecular weight is 162 g/mol. The lowest BCUT2D eigenvalue weighted by Gasteiger charge is -2.33. The second kappa shape index (κ2) is 3.49. The minimum absolute atomic E-state index is 0.134. The molecule has 0 aromatic carbocycles. The van der Waals surface area contributed by atoms with Crippen LogP contribution in [0.15, 0.2) is 0 Å². The Balaban J connectivity index is 2.52. The highest BCUT2D eigenvalue weighted by molar-refractivity contribution is 4.86. The first-order valence-electron chi connectivity index (χ1n) is 3.82. The monoisotopic (exact) mass is 162 g/mol. The largest absolute Gasteiger partial charge is 0.396 e. The third-order valence-corrected chi connectivity index (χ3v) is 2.29. The third kappa shape index (κ3) is 1.70. The second-order valence-electron chi connectivity index (χ2n) is 3.07. The summed E-state index contributed by atoms with van der Waals surface area (Å²) in [7, 11) is 0. The van der Waals surface area contributed by atoms with E-state index < -0.39 is 18.3 Å². The van der Waals surface area contributed by atoms with Crippen LogP contribution in [0, 0.1) is 5.92 Å². The molecule has 1 saturated carbocycles. The molecule has 0 spiro atoms. The van der Waals surface area contributed by atoms with Crippen LogP contribution in [0.25, 0.3) is 0 Å². The summed E-state index contributed by atoms with van der Waals surface area (Å²) in [4.78, 5) is 0. The third-order valence-electron chi connectivity index (χ3n) is 2.29. The smallest absolute Gasteiger partial charge is 0.106 e. The molecule has 1 aliphatic rings. The number of aliphatic hydroxyl groups excluding tert-OH is 4. The molecular formula is C7H14O4. The van der Waals surface area contributed by atoms with Crippen molar-refractivity contribution in [1.82, 2.24) is 0 Å². The van der Waals surface area contributed by atoms with Crippen molar-refractivity contribution in [1.29, 1.82) is 0 Å².